The average Bonchev–Trinajstić information content (AvgIpc) is 3.34. The molecule has 16 N–H and O–H groups in total. The number of rotatable bonds is 6. The van der Waals surface area contributed by atoms with Crippen LogP contribution in [0, 0.1) is 17.8 Å². The van der Waals surface area contributed by atoms with Crippen molar-refractivity contribution < 1.29 is 110 Å². The zero-order valence-corrected chi connectivity index (χ0v) is 43.6. The molecule has 3 fully saturated rings. The SMILES string of the molecule is CC1C=CC=CCCC=CC=CC=CC=CC(OC2OC(C)C(OC3OC(CO)C(O)C(O)C3O)C(N)C2O)CC2OC(O)(CC(O)C(O)CCC(O)CC(O)CC(O)CC(=O)OC(C)C(C)C1O)CC(O)C2C(=O)O. The molecule has 23 heteroatoms. The number of nitrogens with two attached hydrogens (primary N) is 1. The predicted molar refractivity (Wildman–Crippen MR) is 270 cm³/mol. The van der Waals surface area contributed by atoms with Crippen molar-refractivity contribution in [3.8, 4) is 0 Å². The van der Waals surface area contributed by atoms with Gasteiger partial charge in [0.25, 0.3) is 0 Å². The molecule has 2 bridgehead atoms. The van der Waals surface area contributed by atoms with Crippen LogP contribution in [0.1, 0.15) is 91.9 Å². The van der Waals surface area contributed by atoms with E-state index in [-0.39, 0.29) is 31.6 Å². The van der Waals surface area contributed by atoms with E-state index in [1.807, 2.05) is 43.4 Å². The maximum Gasteiger partial charge on any atom is 0.311 e. The zero-order chi connectivity index (χ0) is 56.4. The van der Waals surface area contributed by atoms with Gasteiger partial charge in [-0.25, -0.2) is 0 Å². The number of carbonyl (C=O) groups is 2. The van der Waals surface area contributed by atoms with Gasteiger partial charge in [-0.3, -0.25) is 9.59 Å². The molecule has 23 nitrogen and oxygen atoms in total. The summed E-state index contributed by atoms with van der Waals surface area (Å²) in [7, 11) is 0. The van der Waals surface area contributed by atoms with Crippen molar-refractivity contribution in [1.29, 1.82) is 0 Å². The third-order valence-electron chi connectivity index (χ3n) is 14.3. The molecule has 0 spiro atoms. The Bertz CT molecular complexity index is 1930. The van der Waals surface area contributed by atoms with Crippen LogP contribution in [0.15, 0.2) is 72.9 Å². The van der Waals surface area contributed by atoms with Gasteiger partial charge in [-0.15, -0.1) is 0 Å². The Hall–Kier alpha value is -3.38. The van der Waals surface area contributed by atoms with E-state index in [1.165, 1.54) is 13.0 Å². The summed E-state index contributed by atoms with van der Waals surface area (Å²) in [5, 5.41) is 150. The van der Waals surface area contributed by atoms with E-state index in [0.717, 1.165) is 6.42 Å². The lowest BCUT2D eigenvalue weighted by molar-refractivity contribution is -0.345. The third-order valence-corrected chi connectivity index (χ3v) is 14.3. The monoisotopic (exact) mass is 1090 g/mol. The number of cyclic esters (lactones) is 1. The van der Waals surface area contributed by atoms with Crippen LogP contribution < -0.4 is 5.73 Å². The predicted octanol–water partition coefficient (Wildman–Crippen LogP) is -1.24. The highest BCUT2D eigenvalue weighted by Crippen LogP contribution is 2.39. The summed E-state index contributed by atoms with van der Waals surface area (Å²) in [5.74, 6) is -7.11. The molecule has 4 aliphatic heterocycles. The third kappa shape index (κ3) is 19.8. The molecule has 0 saturated carbocycles. The smallest absolute Gasteiger partial charge is 0.311 e. The average molecular weight is 1090 g/mol. The van der Waals surface area contributed by atoms with Crippen molar-refractivity contribution in [2.24, 2.45) is 23.5 Å². The summed E-state index contributed by atoms with van der Waals surface area (Å²) in [4.78, 5) is 25.4. The van der Waals surface area contributed by atoms with Crippen molar-refractivity contribution in [2.75, 3.05) is 6.61 Å². The highest BCUT2D eigenvalue weighted by molar-refractivity contribution is 5.71. The zero-order valence-electron chi connectivity index (χ0n) is 43.6. The Morgan fingerprint density at radius 2 is 1.25 bits per heavy atom. The quantitative estimate of drug-likeness (QED) is 0.138. The molecular weight excluding hydrogens is 1000 g/mol. The number of esters is 1. The Morgan fingerprint density at radius 1 is 0.658 bits per heavy atom. The Labute approximate surface area is 443 Å². The maximum absolute atomic E-state index is 12.7. The number of aliphatic hydroxyl groups excluding tert-OH is 12. The second-order valence-electron chi connectivity index (χ2n) is 20.7. The second-order valence-corrected chi connectivity index (χ2v) is 20.7. The van der Waals surface area contributed by atoms with Crippen molar-refractivity contribution in [1.82, 2.24) is 0 Å². The van der Waals surface area contributed by atoms with Crippen molar-refractivity contribution in [2.45, 2.75) is 220 Å². The van der Waals surface area contributed by atoms with E-state index in [0.29, 0.717) is 6.42 Å². The van der Waals surface area contributed by atoms with E-state index in [1.54, 1.807) is 44.2 Å². The van der Waals surface area contributed by atoms with Gasteiger partial charge >= 0.3 is 11.9 Å². The number of carboxylic acid groups (broad SMARTS) is 1. The molecule has 4 heterocycles. The van der Waals surface area contributed by atoms with Crippen LogP contribution in [0.3, 0.4) is 0 Å². The van der Waals surface area contributed by atoms with E-state index in [2.05, 4.69) is 0 Å². The van der Waals surface area contributed by atoms with Crippen molar-refractivity contribution >= 4 is 11.9 Å². The lowest BCUT2D eigenvalue weighted by Gasteiger charge is -2.47. The van der Waals surface area contributed by atoms with E-state index in [4.69, 9.17) is 34.2 Å². The number of carboxylic acids is 1. The van der Waals surface area contributed by atoms with Gasteiger partial charge in [0.1, 0.15) is 48.6 Å². The highest BCUT2D eigenvalue weighted by atomic mass is 16.7. The molecule has 3 saturated heterocycles. The van der Waals surface area contributed by atoms with Crippen LogP contribution in [-0.2, 0) is 38.0 Å². The van der Waals surface area contributed by atoms with E-state index in [9.17, 15) is 81.1 Å². The minimum Gasteiger partial charge on any atom is -0.481 e. The summed E-state index contributed by atoms with van der Waals surface area (Å²) < 4.78 is 35.0. The molecule has 4 rings (SSSR count). The number of fused-ring (bicyclic) bond motifs is 2. The number of hydrogen-bond donors (Lipinski definition) is 15. The van der Waals surface area contributed by atoms with Crippen LogP contribution in [-0.4, -0.2) is 218 Å². The number of aliphatic carboxylic acids is 1. The van der Waals surface area contributed by atoms with Crippen LogP contribution in [0.4, 0.5) is 0 Å². The Morgan fingerprint density at radius 3 is 1.91 bits per heavy atom. The van der Waals surface area contributed by atoms with Crippen molar-refractivity contribution in [3.05, 3.63) is 72.9 Å². The fourth-order valence-corrected chi connectivity index (χ4v) is 9.64. The molecule has 0 aromatic heterocycles. The van der Waals surface area contributed by atoms with Crippen molar-refractivity contribution in [3.63, 3.8) is 0 Å². The molecule has 434 valence electrons. The first-order valence-electron chi connectivity index (χ1n) is 26.2. The molecule has 4 aliphatic rings. The fraction of sp³-hybridized carbons (Fsp3) is 0.736. The van der Waals surface area contributed by atoms with E-state index >= 15 is 0 Å². The molecule has 0 aliphatic carbocycles. The summed E-state index contributed by atoms with van der Waals surface area (Å²) in [6, 6.07) is -1.33. The number of allylic oxidation sites excluding steroid dienone is 10. The van der Waals surface area contributed by atoms with Gasteiger partial charge < -0.3 is 106 Å². The fourth-order valence-electron chi connectivity index (χ4n) is 9.64. The van der Waals surface area contributed by atoms with Gasteiger partial charge in [0.15, 0.2) is 18.4 Å². The first-order chi connectivity index (χ1) is 35.9. The van der Waals surface area contributed by atoms with Crippen LogP contribution in [0.5, 0.6) is 0 Å². The maximum atomic E-state index is 12.7. The first-order valence-corrected chi connectivity index (χ1v) is 26.2. The first kappa shape index (κ1) is 65.1. The molecule has 0 aromatic rings. The van der Waals surface area contributed by atoms with Crippen LogP contribution in [0.25, 0.3) is 0 Å². The molecule has 0 amide bonds. The lowest BCUT2D eigenvalue weighted by Crippen LogP contribution is -2.66. The van der Waals surface area contributed by atoms with Gasteiger partial charge in [0, 0.05) is 31.1 Å². The van der Waals surface area contributed by atoms with Gasteiger partial charge in [-0.05, 0) is 52.4 Å². The van der Waals surface area contributed by atoms with Gasteiger partial charge in [-0.1, -0.05) is 86.8 Å². The second kappa shape index (κ2) is 31.4. The Kier molecular flexibility index (Phi) is 26.9. The minimum absolute atomic E-state index is 0.176. The summed E-state index contributed by atoms with van der Waals surface area (Å²) in [5.41, 5.74) is 6.44. The number of carbonyl (C=O) groups excluding carboxylic acids is 1. The topological polar surface area (TPSA) is 399 Å². The Balaban J connectivity index is 1.56. The largest absolute Gasteiger partial charge is 0.481 e. The lowest BCUT2D eigenvalue weighted by atomic mass is 9.82. The van der Waals surface area contributed by atoms with Crippen LogP contribution in [0.2, 0.25) is 0 Å². The molecule has 0 aromatic carbocycles. The molecule has 76 heavy (non-hydrogen) atoms. The molecule has 24 unspecified atom stereocenters. The number of ether oxygens (including phenoxy) is 6. The normalized spacial score (nSPS) is 44.0. The number of aliphatic hydroxyl groups is 13. The highest BCUT2D eigenvalue weighted by Gasteiger charge is 2.52. The van der Waals surface area contributed by atoms with E-state index < -0.39 is 184 Å². The van der Waals surface area contributed by atoms with Gasteiger partial charge in [0.2, 0.25) is 0 Å². The number of hydrogen-bond acceptors (Lipinski definition) is 22. The molecule has 24 atom stereocenters. The standard InChI is InChI=1S/C53H85NO22/c1-28-17-15-13-11-9-7-5-6-8-10-12-14-16-18-35(73-51-46(65)43(54)49(31(4)72-51)75-52-48(67)47(66)45(64)40(27-55)74-52)24-39-42(50(68)69)38(61)26-53(70,76-39)25-37(60)36(59)20-19-32(56)21-33(57)22-34(58)23-41(62)71-30(3)29(2)44(28)63/h5-6,8,10-18,28-40,42-49,51-52,55-61,63-67,70H,7,9,19-27,54H2,1-4H3,(H,68,69). The van der Waals surface area contributed by atoms with Gasteiger partial charge in [-0.2, -0.15) is 0 Å². The summed E-state index contributed by atoms with van der Waals surface area (Å²) in [6.07, 6.45) is -7.79. The minimum atomic E-state index is -2.43. The van der Waals surface area contributed by atoms with Crippen LogP contribution >= 0.6 is 0 Å². The summed E-state index contributed by atoms with van der Waals surface area (Å²) in [6.45, 7) is 5.98. The molecule has 0 radical (unpaired) electrons. The summed E-state index contributed by atoms with van der Waals surface area (Å²) >= 11 is 0. The molecular formula is C53H85NO22. The van der Waals surface area contributed by atoms with Gasteiger partial charge in [0.05, 0.1) is 80.1 Å².